The molecule has 1 aromatic rings. The molecule has 1 aliphatic heterocycles. The third kappa shape index (κ3) is 4.49. The molecule has 0 atom stereocenters. The summed E-state index contributed by atoms with van der Waals surface area (Å²) in [6, 6.07) is 4.61. The largest absolute Gasteiger partial charge is 0.489 e. The Balaban J connectivity index is 1.57. The molecule has 1 aromatic carbocycles. The molecule has 1 saturated carbocycles. The van der Waals surface area contributed by atoms with Crippen molar-refractivity contribution in [3.05, 3.63) is 41.2 Å². The molecule has 1 heterocycles. The van der Waals surface area contributed by atoms with Crippen LogP contribution in [0.15, 0.2) is 30.1 Å². The van der Waals surface area contributed by atoms with Crippen LogP contribution in [-0.4, -0.2) is 47.6 Å². The van der Waals surface area contributed by atoms with Gasteiger partial charge in [0.2, 0.25) is 0 Å². The number of imide groups is 1. The van der Waals surface area contributed by atoms with Crippen LogP contribution in [-0.2, 0) is 4.74 Å². The second-order valence-corrected chi connectivity index (χ2v) is 7.83. The van der Waals surface area contributed by atoms with Gasteiger partial charge in [-0.3, -0.25) is 14.5 Å². The van der Waals surface area contributed by atoms with Crippen LogP contribution in [0.3, 0.4) is 0 Å². The number of nitrogens with one attached hydrogen (secondary N) is 1. The second kappa shape index (κ2) is 7.61. The van der Waals surface area contributed by atoms with Crippen molar-refractivity contribution in [1.29, 1.82) is 0 Å². The van der Waals surface area contributed by atoms with E-state index < -0.39 is 11.7 Å². The van der Waals surface area contributed by atoms with Gasteiger partial charge in [-0.25, -0.2) is 9.18 Å². The molecule has 0 bridgehead atoms. The van der Waals surface area contributed by atoms with Crippen molar-refractivity contribution in [3.63, 3.8) is 0 Å². The van der Waals surface area contributed by atoms with E-state index in [-0.39, 0.29) is 36.6 Å². The van der Waals surface area contributed by atoms with Crippen molar-refractivity contribution < 1.29 is 28.2 Å². The van der Waals surface area contributed by atoms with Gasteiger partial charge in [0.1, 0.15) is 18.0 Å². The molecule has 8 heteroatoms. The van der Waals surface area contributed by atoms with Crippen molar-refractivity contribution in [3.8, 4) is 5.75 Å². The normalized spacial score (nSPS) is 16.9. The first-order valence-electron chi connectivity index (χ1n) is 9.09. The van der Waals surface area contributed by atoms with Crippen LogP contribution in [0.4, 0.5) is 9.18 Å². The van der Waals surface area contributed by atoms with E-state index in [0.29, 0.717) is 23.2 Å². The number of hydrogen-bond acceptors (Lipinski definition) is 5. The molecular formula is C20H23FN2O5. The first kappa shape index (κ1) is 19.9. The Bertz CT molecular complexity index is 839. The highest BCUT2D eigenvalue weighted by molar-refractivity contribution is 6.21. The fourth-order valence-corrected chi connectivity index (χ4v) is 2.79. The Morgan fingerprint density at radius 1 is 1.25 bits per heavy atom. The Labute approximate surface area is 162 Å². The van der Waals surface area contributed by atoms with Gasteiger partial charge in [-0.05, 0) is 51.8 Å². The first-order chi connectivity index (χ1) is 13.2. The Hall–Kier alpha value is -2.90. The standard InChI is InChI=1S/C20H23FN2O5/c1-20(2,3)28-19(26)22-10-12(9-21)11-27-14-6-7-15-16(8-14)18(25)23(17(15)24)13-4-5-13/h6-9,13H,4-5,10-11H2,1-3H3,(H,22,26)/b12-9-. The number of rotatable bonds is 6. The summed E-state index contributed by atoms with van der Waals surface area (Å²) in [4.78, 5) is 37.7. The van der Waals surface area contributed by atoms with E-state index in [2.05, 4.69) is 5.32 Å². The average Bonchev–Trinajstić information content (AvgIpc) is 3.41. The number of halogens is 1. The summed E-state index contributed by atoms with van der Waals surface area (Å²) in [6.07, 6.45) is 1.37. The highest BCUT2D eigenvalue weighted by Crippen LogP contribution is 2.35. The van der Waals surface area contributed by atoms with Crippen molar-refractivity contribution in [2.75, 3.05) is 13.2 Å². The van der Waals surface area contributed by atoms with Gasteiger partial charge in [0, 0.05) is 18.2 Å². The molecule has 3 amide bonds. The van der Waals surface area contributed by atoms with E-state index in [0.717, 1.165) is 12.8 Å². The van der Waals surface area contributed by atoms with Gasteiger partial charge in [-0.2, -0.15) is 0 Å². The third-order valence-corrected chi connectivity index (χ3v) is 4.24. The van der Waals surface area contributed by atoms with E-state index in [1.165, 1.54) is 11.0 Å². The fraction of sp³-hybridized carbons (Fsp3) is 0.450. The number of nitrogens with zero attached hydrogens (tertiary/aromatic N) is 1. The van der Waals surface area contributed by atoms with Gasteiger partial charge in [-0.15, -0.1) is 0 Å². The summed E-state index contributed by atoms with van der Waals surface area (Å²) >= 11 is 0. The van der Waals surface area contributed by atoms with Gasteiger partial charge in [0.25, 0.3) is 11.8 Å². The van der Waals surface area contributed by atoms with Crippen LogP contribution >= 0.6 is 0 Å². The zero-order chi connectivity index (χ0) is 20.5. The zero-order valence-electron chi connectivity index (χ0n) is 16.1. The summed E-state index contributed by atoms with van der Waals surface area (Å²) in [5, 5.41) is 2.45. The van der Waals surface area contributed by atoms with E-state index >= 15 is 0 Å². The second-order valence-electron chi connectivity index (χ2n) is 7.83. The van der Waals surface area contributed by atoms with Gasteiger partial charge in [-0.1, -0.05) is 0 Å². The Morgan fingerprint density at radius 2 is 1.93 bits per heavy atom. The van der Waals surface area contributed by atoms with Crippen molar-refractivity contribution in [1.82, 2.24) is 10.2 Å². The number of alkyl carbamates (subject to hydrolysis) is 1. The smallest absolute Gasteiger partial charge is 0.407 e. The molecule has 3 rings (SSSR count). The first-order valence-corrected chi connectivity index (χ1v) is 9.09. The highest BCUT2D eigenvalue weighted by atomic mass is 19.1. The molecule has 0 spiro atoms. The number of amides is 3. The SMILES string of the molecule is CC(C)(C)OC(=O)NC/C(=C/F)COc1ccc2c(c1)C(=O)N(C1CC1)C2=O. The molecular weight excluding hydrogens is 367 g/mol. The molecule has 0 saturated heterocycles. The maximum Gasteiger partial charge on any atom is 0.407 e. The number of hydrogen-bond donors (Lipinski definition) is 1. The maximum atomic E-state index is 13.1. The lowest BCUT2D eigenvalue weighted by atomic mass is 10.1. The lowest BCUT2D eigenvalue weighted by Crippen LogP contribution is -2.34. The predicted octanol–water partition coefficient (Wildman–Crippen LogP) is 3.20. The van der Waals surface area contributed by atoms with Crippen LogP contribution in [0.2, 0.25) is 0 Å². The fourth-order valence-electron chi connectivity index (χ4n) is 2.79. The van der Waals surface area contributed by atoms with Gasteiger partial charge in [0.15, 0.2) is 0 Å². The van der Waals surface area contributed by atoms with Crippen LogP contribution in [0.5, 0.6) is 5.75 Å². The molecule has 7 nitrogen and oxygen atoms in total. The highest BCUT2D eigenvalue weighted by Gasteiger charge is 2.44. The van der Waals surface area contributed by atoms with E-state index in [1.54, 1.807) is 32.9 Å². The van der Waals surface area contributed by atoms with E-state index in [4.69, 9.17) is 9.47 Å². The van der Waals surface area contributed by atoms with Crippen LogP contribution in [0.1, 0.15) is 54.3 Å². The molecule has 1 fully saturated rings. The molecule has 0 aromatic heterocycles. The van der Waals surface area contributed by atoms with Crippen molar-refractivity contribution in [2.24, 2.45) is 0 Å². The summed E-state index contributed by atoms with van der Waals surface area (Å²) in [5.41, 5.74) is 0.195. The van der Waals surface area contributed by atoms with Gasteiger partial charge in [0.05, 0.1) is 17.5 Å². The molecule has 28 heavy (non-hydrogen) atoms. The van der Waals surface area contributed by atoms with Crippen LogP contribution in [0, 0.1) is 0 Å². The van der Waals surface area contributed by atoms with E-state index in [1.807, 2.05) is 0 Å². The zero-order valence-corrected chi connectivity index (χ0v) is 16.1. The minimum Gasteiger partial charge on any atom is -0.489 e. The minimum atomic E-state index is -0.659. The number of benzene rings is 1. The minimum absolute atomic E-state index is 0.00299. The topological polar surface area (TPSA) is 84.9 Å². The Morgan fingerprint density at radius 3 is 2.54 bits per heavy atom. The van der Waals surface area contributed by atoms with Crippen molar-refractivity contribution in [2.45, 2.75) is 45.3 Å². The summed E-state index contributed by atoms with van der Waals surface area (Å²) in [7, 11) is 0. The van der Waals surface area contributed by atoms with E-state index in [9.17, 15) is 18.8 Å². The quantitative estimate of drug-likeness (QED) is 0.754. The van der Waals surface area contributed by atoms with Gasteiger partial charge < -0.3 is 14.8 Å². The number of carbonyl (C=O) groups excluding carboxylic acids is 3. The predicted molar refractivity (Wildman–Crippen MR) is 98.9 cm³/mol. The molecule has 0 radical (unpaired) electrons. The monoisotopic (exact) mass is 390 g/mol. The number of ether oxygens (including phenoxy) is 2. The van der Waals surface area contributed by atoms with Crippen LogP contribution in [0.25, 0.3) is 0 Å². The third-order valence-electron chi connectivity index (χ3n) is 4.24. The van der Waals surface area contributed by atoms with Crippen LogP contribution < -0.4 is 10.1 Å². The number of carbonyl (C=O) groups is 3. The molecule has 150 valence electrons. The lowest BCUT2D eigenvalue weighted by Gasteiger charge is -2.20. The average molecular weight is 390 g/mol. The molecule has 2 aliphatic rings. The molecule has 0 unspecified atom stereocenters. The maximum absolute atomic E-state index is 13.1. The number of fused-ring (bicyclic) bond motifs is 1. The molecule has 1 aliphatic carbocycles. The summed E-state index contributed by atoms with van der Waals surface area (Å²) in [5.74, 6) is -0.255. The Kier molecular flexibility index (Phi) is 5.40. The van der Waals surface area contributed by atoms with Gasteiger partial charge >= 0.3 is 6.09 Å². The lowest BCUT2D eigenvalue weighted by molar-refractivity contribution is 0.0530. The molecule has 1 N–H and O–H groups in total. The summed E-state index contributed by atoms with van der Waals surface area (Å²) in [6.45, 7) is 4.98. The summed E-state index contributed by atoms with van der Waals surface area (Å²) < 4.78 is 23.7. The van der Waals surface area contributed by atoms with Crippen molar-refractivity contribution >= 4 is 17.9 Å².